The minimum atomic E-state index is -1.09. The molecule has 1 aromatic carbocycles. The molecule has 7 N–H and O–H groups in total. The number of aliphatic imine (C=N–C) groups is 1. The maximum atomic E-state index is 10.8. The number of nitrogens with zero attached hydrogens (tertiary/aromatic N) is 2. The molecule has 0 saturated carbocycles. The second-order valence-corrected chi connectivity index (χ2v) is 2.79. The van der Waals surface area contributed by atoms with Crippen LogP contribution in [0.2, 0.25) is 0 Å². The fourth-order valence-electron chi connectivity index (χ4n) is 1.09. The van der Waals surface area contributed by atoms with Crippen molar-refractivity contribution in [2.45, 2.75) is 0 Å². The van der Waals surface area contributed by atoms with E-state index in [-0.39, 0.29) is 11.0 Å². The predicted octanol–water partition coefficient (Wildman–Crippen LogP) is -0.509. The summed E-state index contributed by atoms with van der Waals surface area (Å²) in [5, 5.41) is 20.0. The van der Waals surface area contributed by atoms with E-state index in [9.17, 15) is 4.79 Å². The summed E-state index contributed by atoms with van der Waals surface area (Å²) in [5.74, 6) is 3.90. The zero-order valence-corrected chi connectivity index (χ0v) is 8.66. The van der Waals surface area contributed by atoms with Crippen LogP contribution in [0.1, 0.15) is 15.9 Å². The first-order valence-corrected chi connectivity index (χ1v) is 4.22. The maximum Gasteiger partial charge on any atom is 0.335 e. The number of nitrogens with one attached hydrogen (secondary N) is 1. The van der Waals surface area contributed by atoms with Crippen molar-refractivity contribution in [2.75, 3.05) is 0 Å². The summed E-state index contributed by atoms with van der Waals surface area (Å²) in [6.45, 7) is 0. The van der Waals surface area contributed by atoms with Crippen molar-refractivity contribution >= 4 is 24.2 Å². The molecular formula is C9H12N4O4. The summed E-state index contributed by atoms with van der Waals surface area (Å²) in [6, 6.07) is 4.27. The molecule has 0 bridgehead atoms. The maximum absolute atomic E-state index is 10.8. The number of carboxylic acid groups (broad SMARTS) is 1. The quantitative estimate of drug-likeness (QED) is 0.183. The average molecular weight is 240 g/mol. The Balaban J connectivity index is 0.00000256. The molecule has 0 amide bonds. The van der Waals surface area contributed by atoms with Gasteiger partial charge in [0.2, 0.25) is 0 Å². The smallest absolute Gasteiger partial charge is 0.335 e. The third-order valence-corrected chi connectivity index (χ3v) is 1.68. The third-order valence-electron chi connectivity index (χ3n) is 1.68. The zero-order chi connectivity index (χ0) is 12.0. The van der Waals surface area contributed by atoms with Crippen molar-refractivity contribution in [3.8, 4) is 0 Å². The molecule has 0 fully saturated rings. The van der Waals surface area contributed by atoms with Crippen LogP contribution in [0.4, 0.5) is 5.69 Å². The van der Waals surface area contributed by atoms with Gasteiger partial charge < -0.3 is 21.2 Å². The first-order chi connectivity index (χ1) is 7.67. The van der Waals surface area contributed by atoms with Gasteiger partial charge in [0.1, 0.15) is 6.34 Å². The van der Waals surface area contributed by atoms with Gasteiger partial charge in [-0.15, -0.1) is 0 Å². The van der Waals surface area contributed by atoms with E-state index >= 15 is 0 Å². The van der Waals surface area contributed by atoms with Gasteiger partial charge >= 0.3 is 5.97 Å². The van der Waals surface area contributed by atoms with E-state index < -0.39 is 5.97 Å². The number of hydrogen-bond donors (Lipinski definition) is 4. The van der Waals surface area contributed by atoms with Crippen LogP contribution >= 0.6 is 0 Å². The molecule has 0 aliphatic rings. The molecule has 0 aliphatic carbocycles. The summed E-state index contributed by atoms with van der Waals surface area (Å²) in [6.07, 6.45) is 2.32. The van der Waals surface area contributed by atoms with E-state index in [2.05, 4.69) is 15.6 Å². The highest BCUT2D eigenvalue weighted by atomic mass is 16.4. The van der Waals surface area contributed by atoms with Gasteiger partial charge in [0, 0.05) is 0 Å². The van der Waals surface area contributed by atoms with Gasteiger partial charge in [-0.05, 0) is 23.8 Å². The van der Waals surface area contributed by atoms with Crippen molar-refractivity contribution in [1.29, 1.82) is 0 Å². The highest BCUT2D eigenvalue weighted by molar-refractivity contribution is 5.92. The summed E-state index contributed by atoms with van der Waals surface area (Å²) in [5.41, 5.74) is 3.04. The van der Waals surface area contributed by atoms with Gasteiger partial charge in [-0.3, -0.25) is 0 Å². The normalized spacial score (nSPS) is 10.4. The van der Waals surface area contributed by atoms with E-state index in [0.29, 0.717) is 11.3 Å². The lowest BCUT2D eigenvalue weighted by Crippen LogP contribution is -2.18. The molecule has 0 heterocycles. The fourth-order valence-corrected chi connectivity index (χ4v) is 1.09. The van der Waals surface area contributed by atoms with Crippen LogP contribution in [0.3, 0.4) is 0 Å². The Hall–Kier alpha value is -2.45. The molecule has 0 saturated heterocycles. The van der Waals surface area contributed by atoms with Crippen molar-refractivity contribution in [3.63, 3.8) is 0 Å². The Bertz CT molecular complexity index is 445. The molecule has 0 unspecified atom stereocenters. The summed E-state index contributed by atoms with van der Waals surface area (Å²) in [7, 11) is 0. The number of rotatable bonds is 4. The summed E-state index contributed by atoms with van der Waals surface area (Å²) >= 11 is 0. The first-order valence-electron chi connectivity index (χ1n) is 4.22. The molecule has 0 spiro atoms. The van der Waals surface area contributed by atoms with Crippen molar-refractivity contribution < 1.29 is 20.6 Å². The second-order valence-electron chi connectivity index (χ2n) is 2.79. The number of carboxylic acids is 1. The second kappa shape index (κ2) is 6.93. The highest BCUT2D eigenvalue weighted by Crippen LogP contribution is 2.16. The van der Waals surface area contributed by atoms with E-state index in [1.54, 1.807) is 6.07 Å². The number of hydrazine groups is 1. The topological polar surface area (TPSA) is 152 Å². The van der Waals surface area contributed by atoms with Crippen LogP contribution < -0.4 is 11.3 Å². The number of carbonyl (C=O) groups is 1. The molecular weight excluding hydrogens is 228 g/mol. The average Bonchev–Trinajstić information content (AvgIpc) is 2.26. The standard InChI is InChI=1S/C9H10N4O3.H2O/c10-12-5-11-8-2-6(4-13-16)1-7(3-8)9(14)15;/h1-5,16H,10H2,(H,11,12)(H,14,15);1H2. The molecule has 0 radical (unpaired) electrons. The number of oxime groups is 1. The molecule has 0 atom stereocenters. The van der Waals surface area contributed by atoms with Crippen LogP contribution in [0.5, 0.6) is 0 Å². The largest absolute Gasteiger partial charge is 0.478 e. The number of hydrogen-bond acceptors (Lipinski definition) is 5. The van der Waals surface area contributed by atoms with Crippen LogP contribution in [0.15, 0.2) is 28.3 Å². The molecule has 8 heteroatoms. The van der Waals surface area contributed by atoms with E-state index in [1.165, 1.54) is 18.5 Å². The Kier molecular flexibility index (Phi) is 5.93. The Morgan fingerprint density at radius 2 is 2.12 bits per heavy atom. The lowest BCUT2D eigenvalue weighted by molar-refractivity contribution is 0.0697. The lowest BCUT2D eigenvalue weighted by Gasteiger charge is -2.00. The number of nitrogens with two attached hydrogens (primary N) is 1. The minimum Gasteiger partial charge on any atom is -0.478 e. The molecule has 17 heavy (non-hydrogen) atoms. The van der Waals surface area contributed by atoms with E-state index in [4.69, 9.17) is 16.2 Å². The van der Waals surface area contributed by atoms with Gasteiger partial charge in [-0.2, -0.15) is 0 Å². The Morgan fingerprint density at radius 3 is 2.65 bits per heavy atom. The van der Waals surface area contributed by atoms with Gasteiger partial charge in [0.05, 0.1) is 17.5 Å². The monoisotopic (exact) mass is 240 g/mol. The number of aromatic carboxylic acids is 1. The van der Waals surface area contributed by atoms with Crippen molar-refractivity contribution in [3.05, 3.63) is 29.3 Å². The SMILES string of the molecule is NNC=Nc1cc(C=NO)cc(C(=O)O)c1.O. The Labute approximate surface area is 96.4 Å². The molecule has 1 rings (SSSR count). The van der Waals surface area contributed by atoms with Gasteiger partial charge in [-0.25, -0.2) is 15.6 Å². The third kappa shape index (κ3) is 4.28. The van der Waals surface area contributed by atoms with Crippen LogP contribution in [-0.2, 0) is 0 Å². The molecule has 0 aliphatic heterocycles. The van der Waals surface area contributed by atoms with Gasteiger partial charge in [0.15, 0.2) is 0 Å². The summed E-state index contributed by atoms with van der Waals surface area (Å²) < 4.78 is 0. The minimum absolute atomic E-state index is 0. The van der Waals surface area contributed by atoms with Gasteiger partial charge in [0.25, 0.3) is 0 Å². The first kappa shape index (κ1) is 14.6. The zero-order valence-electron chi connectivity index (χ0n) is 8.66. The van der Waals surface area contributed by atoms with Crippen LogP contribution in [0, 0.1) is 0 Å². The molecule has 8 nitrogen and oxygen atoms in total. The lowest BCUT2D eigenvalue weighted by atomic mass is 10.1. The fraction of sp³-hybridized carbons (Fsp3) is 0. The van der Waals surface area contributed by atoms with E-state index in [0.717, 1.165) is 6.21 Å². The van der Waals surface area contributed by atoms with Crippen LogP contribution in [-0.4, -0.2) is 34.3 Å². The summed E-state index contributed by atoms with van der Waals surface area (Å²) in [4.78, 5) is 14.6. The predicted molar refractivity (Wildman–Crippen MR) is 61.9 cm³/mol. The number of benzene rings is 1. The Morgan fingerprint density at radius 1 is 1.41 bits per heavy atom. The molecule has 92 valence electrons. The van der Waals surface area contributed by atoms with Crippen LogP contribution in [0.25, 0.3) is 0 Å². The van der Waals surface area contributed by atoms with Gasteiger partial charge in [-0.1, -0.05) is 5.16 Å². The van der Waals surface area contributed by atoms with Crippen molar-refractivity contribution in [1.82, 2.24) is 5.43 Å². The van der Waals surface area contributed by atoms with Crippen molar-refractivity contribution in [2.24, 2.45) is 16.0 Å². The highest BCUT2D eigenvalue weighted by Gasteiger charge is 2.05. The van der Waals surface area contributed by atoms with E-state index in [1.807, 2.05) is 0 Å². The molecule has 0 aromatic heterocycles. The molecule has 1 aromatic rings.